The zero-order valence-electron chi connectivity index (χ0n) is 8.69. The van der Waals surface area contributed by atoms with Gasteiger partial charge >= 0.3 is 0 Å². The minimum Gasteiger partial charge on any atom is -0.355 e. The fourth-order valence-electron chi connectivity index (χ4n) is 1.46. The van der Waals surface area contributed by atoms with Crippen LogP contribution in [-0.2, 0) is 4.79 Å². The molecule has 0 aromatic heterocycles. The van der Waals surface area contributed by atoms with Crippen molar-refractivity contribution in [3.8, 4) is 0 Å². The number of carbonyl (C=O) groups is 1. The van der Waals surface area contributed by atoms with E-state index in [2.05, 4.69) is 15.3 Å². The smallest absolute Gasteiger partial charge is 0.233 e. The lowest BCUT2D eigenvalue weighted by Crippen LogP contribution is -2.32. The van der Waals surface area contributed by atoms with Crippen molar-refractivity contribution >= 4 is 17.7 Å². The van der Waals surface area contributed by atoms with Crippen LogP contribution in [0.2, 0.25) is 0 Å². The molecule has 1 saturated heterocycles. The molecule has 1 unspecified atom stereocenters. The summed E-state index contributed by atoms with van der Waals surface area (Å²) in [4.78, 5) is 14.2. The van der Waals surface area contributed by atoms with Gasteiger partial charge in [0.05, 0.1) is 5.25 Å². The fourth-order valence-corrected chi connectivity index (χ4v) is 2.65. The van der Waals surface area contributed by atoms with Gasteiger partial charge < -0.3 is 5.32 Å². The van der Waals surface area contributed by atoms with E-state index in [1.165, 1.54) is 0 Å². The molecule has 1 heterocycles. The Morgan fingerprint density at radius 3 is 3.13 bits per heavy atom. The number of hydrogen-bond donors (Lipinski definition) is 1. The third-order valence-electron chi connectivity index (χ3n) is 2.27. The Bertz CT molecular complexity index is 246. The Morgan fingerprint density at radius 2 is 2.47 bits per heavy atom. The molecular weight excluding hydrogens is 212 g/mol. The van der Waals surface area contributed by atoms with Crippen molar-refractivity contribution in [3.05, 3.63) is 10.4 Å². The Kier molecular flexibility index (Phi) is 6.04. The van der Waals surface area contributed by atoms with Gasteiger partial charge in [0.25, 0.3) is 0 Å². The molecule has 0 radical (unpaired) electrons. The molecular formula is C9H16N4OS. The summed E-state index contributed by atoms with van der Waals surface area (Å²) < 4.78 is 0. The molecule has 5 nitrogen and oxygen atoms in total. The highest BCUT2D eigenvalue weighted by molar-refractivity contribution is 8.00. The van der Waals surface area contributed by atoms with Crippen LogP contribution < -0.4 is 5.32 Å². The molecule has 0 aromatic rings. The second kappa shape index (κ2) is 7.43. The van der Waals surface area contributed by atoms with Gasteiger partial charge in [-0.05, 0) is 37.0 Å². The van der Waals surface area contributed by atoms with Crippen molar-refractivity contribution in [3.63, 3.8) is 0 Å². The molecule has 6 heteroatoms. The van der Waals surface area contributed by atoms with Crippen molar-refractivity contribution < 1.29 is 4.79 Å². The van der Waals surface area contributed by atoms with Gasteiger partial charge in [0.2, 0.25) is 5.91 Å². The molecule has 1 fully saturated rings. The van der Waals surface area contributed by atoms with Gasteiger partial charge in [-0.25, -0.2) is 0 Å². The standard InChI is InChI=1S/C9H16N4OS/c10-13-12-6-2-1-5-11-9(14)8-4-3-7-15-8/h8H,1-7H2,(H,11,14). The minimum atomic E-state index is 0.168. The quantitative estimate of drug-likeness (QED) is 0.327. The summed E-state index contributed by atoms with van der Waals surface area (Å²) in [6.07, 6.45) is 3.87. The first-order valence-electron chi connectivity index (χ1n) is 5.25. The summed E-state index contributed by atoms with van der Waals surface area (Å²) in [5.41, 5.74) is 8.04. The average molecular weight is 228 g/mol. The van der Waals surface area contributed by atoms with E-state index in [4.69, 9.17) is 5.53 Å². The summed E-state index contributed by atoms with van der Waals surface area (Å²) in [6, 6.07) is 0. The van der Waals surface area contributed by atoms with Crippen LogP contribution in [0.5, 0.6) is 0 Å². The first-order chi connectivity index (χ1) is 7.34. The average Bonchev–Trinajstić information content (AvgIpc) is 2.76. The van der Waals surface area contributed by atoms with Gasteiger partial charge in [-0.2, -0.15) is 0 Å². The minimum absolute atomic E-state index is 0.168. The highest BCUT2D eigenvalue weighted by Crippen LogP contribution is 2.25. The number of thioether (sulfide) groups is 1. The predicted molar refractivity (Wildman–Crippen MR) is 61.7 cm³/mol. The van der Waals surface area contributed by atoms with E-state index in [0.717, 1.165) is 31.4 Å². The lowest BCUT2D eigenvalue weighted by atomic mass is 10.2. The molecule has 84 valence electrons. The number of nitrogens with zero attached hydrogens (tertiary/aromatic N) is 3. The normalized spacial score (nSPS) is 19.6. The Hall–Kier alpha value is -0.870. The van der Waals surface area contributed by atoms with Crippen LogP contribution in [0, 0.1) is 0 Å². The van der Waals surface area contributed by atoms with E-state index >= 15 is 0 Å². The van der Waals surface area contributed by atoms with Crippen molar-refractivity contribution in [1.29, 1.82) is 0 Å². The lowest BCUT2D eigenvalue weighted by Gasteiger charge is -2.08. The van der Waals surface area contributed by atoms with Crippen molar-refractivity contribution in [2.24, 2.45) is 5.11 Å². The maximum atomic E-state index is 11.5. The van der Waals surface area contributed by atoms with E-state index in [9.17, 15) is 4.79 Å². The van der Waals surface area contributed by atoms with Crippen LogP contribution in [0.4, 0.5) is 0 Å². The highest BCUT2D eigenvalue weighted by atomic mass is 32.2. The second-order valence-corrected chi connectivity index (χ2v) is 4.76. The number of nitrogens with one attached hydrogen (secondary N) is 1. The molecule has 0 aliphatic carbocycles. The molecule has 1 N–H and O–H groups in total. The molecule has 15 heavy (non-hydrogen) atoms. The van der Waals surface area contributed by atoms with Gasteiger partial charge in [0.1, 0.15) is 0 Å². The van der Waals surface area contributed by atoms with Gasteiger partial charge in [0, 0.05) is 18.0 Å². The van der Waals surface area contributed by atoms with E-state index in [1.807, 2.05) is 0 Å². The third-order valence-corrected chi connectivity index (χ3v) is 3.65. The Balaban J connectivity index is 1.99. The van der Waals surface area contributed by atoms with Gasteiger partial charge in [-0.3, -0.25) is 4.79 Å². The number of unbranched alkanes of at least 4 members (excludes halogenated alkanes) is 1. The second-order valence-electron chi connectivity index (χ2n) is 3.45. The highest BCUT2D eigenvalue weighted by Gasteiger charge is 2.22. The Morgan fingerprint density at radius 1 is 1.60 bits per heavy atom. The number of carbonyl (C=O) groups excluding carboxylic acids is 1. The molecule has 1 aliphatic heterocycles. The predicted octanol–water partition coefficient (Wildman–Crippen LogP) is 2.09. The molecule has 1 amide bonds. The van der Waals surface area contributed by atoms with Crippen LogP contribution in [-0.4, -0.2) is 30.0 Å². The summed E-state index contributed by atoms with van der Waals surface area (Å²) in [5.74, 6) is 1.27. The molecule has 0 aromatic carbocycles. The lowest BCUT2D eigenvalue weighted by molar-refractivity contribution is -0.120. The van der Waals surface area contributed by atoms with Crippen LogP contribution >= 0.6 is 11.8 Å². The monoisotopic (exact) mass is 228 g/mol. The summed E-state index contributed by atoms with van der Waals surface area (Å²) >= 11 is 1.74. The zero-order chi connectivity index (χ0) is 10.9. The molecule has 0 bridgehead atoms. The van der Waals surface area contributed by atoms with Crippen LogP contribution in [0.25, 0.3) is 10.4 Å². The molecule has 0 saturated carbocycles. The first kappa shape index (κ1) is 12.2. The maximum Gasteiger partial charge on any atom is 0.233 e. The van der Waals surface area contributed by atoms with E-state index in [0.29, 0.717) is 13.1 Å². The number of rotatable bonds is 6. The Labute approximate surface area is 93.6 Å². The van der Waals surface area contributed by atoms with Gasteiger partial charge in [-0.1, -0.05) is 5.11 Å². The summed E-state index contributed by atoms with van der Waals surface area (Å²) in [6.45, 7) is 1.21. The van der Waals surface area contributed by atoms with Crippen LogP contribution in [0.15, 0.2) is 5.11 Å². The maximum absolute atomic E-state index is 11.5. The van der Waals surface area contributed by atoms with E-state index in [1.54, 1.807) is 11.8 Å². The largest absolute Gasteiger partial charge is 0.355 e. The summed E-state index contributed by atoms with van der Waals surface area (Å²) in [5, 5.41) is 6.51. The topological polar surface area (TPSA) is 77.9 Å². The van der Waals surface area contributed by atoms with Gasteiger partial charge in [0.15, 0.2) is 0 Å². The van der Waals surface area contributed by atoms with E-state index in [-0.39, 0.29) is 11.2 Å². The number of hydrogen-bond acceptors (Lipinski definition) is 3. The van der Waals surface area contributed by atoms with Crippen molar-refractivity contribution in [1.82, 2.24) is 5.32 Å². The molecule has 0 spiro atoms. The van der Waals surface area contributed by atoms with Gasteiger partial charge in [-0.15, -0.1) is 11.8 Å². The molecule has 1 rings (SSSR count). The number of amides is 1. The van der Waals surface area contributed by atoms with Crippen LogP contribution in [0.3, 0.4) is 0 Å². The zero-order valence-corrected chi connectivity index (χ0v) is 9.50. The molecule has 1 atom stereocenters. The molecule has 1 aliphatic rings. The SMILES string of the molecule is [N-]=[N+]=NCCCCNC(=O)C1CCCS1. The van der Waals surface area contributed by atoms with Crippen molar-refractivity contribution in [2.45, 2.75) is 30.9 Å². The first-order valence-corrected chi connectivity index (χ1v) is 6.29. The van der Waals surface area contributed by atoms with Crippen LogP contribution in [0.1, 0.15) is 25.7 Å². The fraction of sp³-hybridized carbons (Fsp3) is 0.889. The number of azide groups is 1. The summed E-state index contributed by atoms with van der Waals surface area (Å²) in [7, 11) is 0. The van der Waals surface area contributed by atoms with E-state index < -0.39 is 0 Å². The third kappa shape index (κ3) is 4.95. The van der Waals surface area contributed by atoms with Crippen molar-refractivity contribution in [2.75, 3.05) is 18.8 Å².